The van der Waals surface area contributed by atoms with Crippen molar-refractivity contribution in [2.24, 2.45) is 7.05 Å². The van der Waals surface area contributed by atoms with Gasteiger partial charge in [0, 0.05) is 18.5 Å². The second-order valence-corrected chi connectivity index (χ2v) is 5.97. The first-order valence-corrected chi connectivity index (χ1v) is 7.68. The van der Waals surface area contributed by atoms with Crippen molar-refractivity contribution in [1.82, 2.24) is 9.55 Å². The molecule has 0 bridgehead atoms. The quantitative estimate of drug-likeness (QED) is 0.511. The molecule has 1 aromatic heterocycles. The van der Waals surface area contributed by atoms with Gasteiger partial charge < -0.3 is 4.57 Å². The number of aromatic nitrogens is 2. The molecule has 0 aliphatic rings. The summed E-state index contributed by atoms with van der Waals surface area (Å²) in [5.41, 5.74) is 3.35. The number of halogens is 1. The molecule has 0 fully saturated rings. The lowest BCUT2D eigenvalue weighted by molar-refractivity contribution is 0.847. The fraction of sp³-hybridized carbons (Fsp3) is 0.105. The fourth-order valence-electron chi connectivity index (χ4n) is 2.99. The van der Waals surface area contributed by atoms with Gasteiger partial charge in [0.25, 0.3) is 0 Å². The van der Waals surface area contributed by atoms with Crippen molar-refractivity contribution in [2.45, 2.75) is 6.42 Å². The molecule has 0 aliphatic heterocycles. The summed E-state index contributed by atoms with van der Waals surface area (Å²) in [5.74, 6) is 1.05. The number of benzene rings is 3. The lowest BCUT2D eigenvalue weighted by Crippen LogP contribution is -1.99. The molecule has 0 amide bonds. The summed E-state index contributed by atoms with van der Waals surface area (Å²) < 4.78 is 2.13. The van der Waals surface area contributed by atoms with Gasteiger partial charge in [-0.1, -0.05) is 54.1 Å². The minimum atomic E-state index is 0.743. The molecule has 0 spiro atoms. The third-order valence-corrected chi connectivity index (χ3v) is 4.40. The topological polar surface area (TPSA) is 17.8 Å². The van der Waals surface area contributed by atoms with Crippen molar-refractivity contribution >= 4 is 33.4 Å². The van der Waals surface area contributed by atoms with E-state index < -0.39 is 0 Å². The van der Waals surface area contributed by atoms with Gasteiger partial charge in [0.1, 0.15) is 5.82 Å². The van der Waals surface area contributed by atoms with Crippen LogP contribution in [0.5, 0.6) is 0 Å². The van der Waals surface area contributed by atoms with Gasteiger partial charge in [-0.25, -0.2) is 4.98 Å². The predicted octanol–water partition coefficient (Wildman–Crippen LogP) is 4.97. The van der Waals surface area contributed by atoms with Crippen LogP contribution in [0.2, 0.25) is 5.02 Å². The second-order valence-electron chi connectivity index (χ2n) is 5.54. The lowest BCUT2D eigenvalue weighted by atomic mass is 10.0. The van der Waals surface area contributed by atoms with Gasteiger partial charge in [0.15, 0.2) is 0 Å². The largest absolute Gasteiger partial charge is 0.331 e. The third-order valence-electron chi connectivity index (χ3n) is 4.16. The Labute approximate surface area is 134 Å². The van der Waals surface area contributed by atoms with E-state index >= 15 is 0 Å². The zero-order chi connectivity index (χ0) is 15.1. The number of fused-ring (bicyclic) bond motifs is 2. The van der Waals surface area contributed by atoms with E-state index in [1.807, 2.05) is 25.2 Å². The van der Waals surface area contributed by atoms with E-state index in [-0.39, 0.29) is 0 Å². The molecule has 0 atom stereocenters. The Hall–Kier alpha value is -2.32. The molecule has 4 aromatic rings. The van der Waals surface area contributed by atoms with Crippen LogP contribution in [0, 0.1) is 0 Å². The highest BCUT2D eigenvalue weighted by Gasteiger charge is 2.10. The third kappa shape index (κ3) is 2.16. The summed E-state index contributed by atoms with van der Waals surface area (Å²) in [7, 11) is 2.05. The van der Waals surface area contributed by atoms with E-state index in [0.717, 1.165) is 28.3 Å². The van der Waals surface area contributed by atoms with E-state index in [9.17, 15) is 0 Å². The molecule has 22 heavy (non-hydrogen) atoms. The number of nitrogens with zero attached hydrogens (tertiary/aromatic N) is 2. The van der Waals surface area contributed by atoms with Crippen molar-refractivity contribution in [3.8, 4) is 0 Å². The monoisotopic (exact) mass is 306 g/mol. The standard InChI is InChI=1S/C19H15ClN2/c1-22-18-12-15(20)9-10-17(18)21-19(22)11-14-7-4-6-13-5-2-3-8-16(13)14/h2-10,12H,11H2,1H3. The van der Waals surface area contributed by atoms with Gasteiger partial charge in [-0.05, 0) is 34.5 Å². The van der Waals surface area contributed by atoms with Crippen molar-refractivity contribution in [1.29, 1.82) is 0 Å². The van der Waals surface area contributed by atoms with Gasteiger partial charge >= 0.3 is 0 Å². The van der Waals surface area contributed by atoms with E-state index in [4.69, 9.17) is 16.6 Å². The van der Waals surface area contributed by atoms with E-state index in [2.05, 4.69) is 47.0 Å². The summed E-state index contributed by atoms with van der Waals surface area (Å²) in [5, 5.41) is 3.30. The molecule has 0 saturated heterocycles. The lowest BCUT2D eigenvalue weighted by Gasteiger charge is -2.07. The Kier molecular flexibility index (Phi) is 3.12. The molecule has 0 unspecified atom stereocenters. The summed E-state index contributed by atoms with van der Waals surface area (Å²) >= 11 is 6.10. The van der Waals surface area contributed by atoms with E-state index in [0.29, 0.717) is 0 Å². The maximum atomic E-state index is 6.10. The maximum absolute atomic E-state index is 6.10. The molecule has 0 aliphatic carbocycles. The van der Waals surface area contributed by atoms with Crippen LogP contribution in [0.15, 0.2) is 60.7 Å². The first kappa shape index (κ1) is 13.4. The average Bonchev–Trinajstić information content (AvgIpc) is 2.84. The molecule has 2 nitrogen and oxygen atoms in total. The summed E-state index contributed by atoms with van der Waals surface area (Å²) in [6.45, 7) is 0. The Bertz CT molecular complexity index is 980. The molecule has 3 aromatic carbocycles. The molecule has 0 radical (unpaired) electrons. The molecule has 0 N–H and O–H groups in total. The Morgan fingerprint density at radius 3 is 2.73 bits per heavy atom. The van der Waals surface area contributed by atoms with Crippen LogP contribution in [-0.4, -0.2) is 9.55 Å². The van der Waals surface area contributed by atoms with E-state index in [1.54, 1.807) is 0 Å². The van der Waals surface area contributed by atoms with Crippen LogP contribution in [0.1, 0.15) is 11.4 Å². The molecule has 0 saturated carbocycles. The zero-order valence-corrected chi connectivity index (χ0v) is 13.0. The van der Waals surface area contributed by atoms with Crippen molar-refractivity contribution in [3.63, 3.8) is 0 Å². The van der Waals surface area contributed by atoms with Crippen LogP contribution in [0.3, 0.4) is 0 Å². The van der Waals surface area contributed by atoms with Crippen LogP contribution in [-0.2, 0) is 13.5 Å². The SMILES string of the molecule is Cn1c(Cc2cccc3ccccc23)nc2ccc(Cl)cc21. The first-order chi connectivity index (χ1) is 10.7. The van der Waals surface area contributed by atoms with Crippen LogP contribution < -0.4 is 0 Å². The number of hydrogen-bond donors (Lipinski definition) is 0. The second kappa shape index (κ2) is 5.15. The van der Waals surface area contributed by atoms with Crippen LogP contribution in [0.4, 0.5) is 0 Å². The number of aryl methyl sites for hydroxylation is 1. The molecule has 4 rings (SSSR count). The minimum Gasteiger partial charge on any atom is -0.331 e. The molecular formula is C19H15ClN2. The number of rotatable bonds is 2. The van der Waals surface area contributed by atoms with Crippen molar-refractivity contribution in [2.75, 3.05) is 0 Å². The van der Waals surface area contributed by atoms with Crippen LogP contribution in [0.25, 0.3) is 21.8 Å². The van der Waals surface area contributed by atoms with Gasteiger partial charge in [-0.2, -0.15) is 0 Å². The summed E-state index contributed by atoms with van der Waals surface area (Å²) in [6.07, 6.45) is 0.810. The highest BCUT2D eigenvalue weighted by molar-refractivity contribution is 6.31. The van der Waals surface area contributed by atoms with Gasteiger partial charge in [0.2, 0.25) is 0 Å². The van der Waals surface area contributed by atoms with E-state index in [1.165, 1.54) is 16.3 Å². The van der Waals surface area contributed by atoms with Gasteiger partial charge in [0.05, 0.1) is 11.0 Å². The highest BCUT2D eigenvalue weighted by Crippen LogP contribution is 2.24. The smallest absolute Gasteiger partial charge is 0.114 e. The predicted molar refractivity (Wildman–Crippen MR) is 92.5 cm³/mol. The number of hydrogen-bond acceptors (Lipinski definition) is 1. The number of imidazole rings is 1. The molecule has 3 heteroatoms. The fourth-order valence-corrected chi connectivity index (χ4v) is 3.15. The molecular weight excluding hydrogens is 292 g/mol. The van der Waals surface area contributed by atoms with Crippen molar-refractivity contribution < 1.29 is 0 Å². The Morgan fingerprint density at radius 1 is 1.00 bits per heavy atom. The van der Waals surface area contributed by atoms with Crippen molar-refractivity contribution in [3.05, 3.63) is 77.1 Å². The highest BCUT2D eigenvalue weighted by atomic mass is 35.5. The minimum absolute atomic E-state index is 0.743. The first-order valence-electron chi connectivity index (χ1n) is 7.30. The van der Waals surface area contributed by atoms with Crippen LogP contribution >= 0.6 is 11.6 Å². The molecule has 1 heterocycles. The average molecular weight is 307 g/mol. The normalized spacial score (nSPS) is 11.4. The molecule has 108 valence electrons. The summed E-state index contributed by atoms with van der Waals surface area (Å²) in [6, 6.07) is 20.7. The summed E-state index contributed by atoms with van der Waals surface area (Å²) in [4.78, 5) is 4.76. The van der Waals surface area contributed by atoms with Gasteiger partial charge in [-0.3, -0.25) is 0 Å². The Morgan fingerprint density at radius 2 is 1.82 bits per heavy atom. The van der Waals surface area contributed by atoms with Gasteiger partial charge in [-0.15, -0.1) is 0 Å². The zero-order valence-electron chi connectivity index (χ0n) is 12.3. The maximum Gasteiger partial charge on any atom is 0.114 e. The Balaban J connectivity index is 1.84.